The Labute approximate surface area is 96.0 Å². The lowest BCUT2D eigenvalue weighted by molar-refractivity contribution is -0.148. The lowest BCUT2D eigenvalue weighted by atomic mass is 9.90. The molecule has 1 fully saturated rings. The van der Waals surface area contributed by atoms with Crippen molar-refractivity contribution in [2.75, 3.05) is 6.54 Å². The van der Waals surface area contributed by atoms with Crippen LogP contribution in [0.3, 0.4) is 0 Å². The summed E-state index contributed by atoms with van der Waals surface area (Å²) in [6.45, 7) is 5.31. The van der Waals surface area contributed by atoms with Gasteiger partial charge >= 0.3 is 0 Å². The van der Waals surface area contributed by atoms with Gasteiger partial charge in [0, 0.05) is 18.3 Å². The summed E-state index contributed by atoms with van der Waals surface area (Å²) in [5.74, 6) is -0.490. The Bertz CT molecular complexity index is 297. The molecular formula is C12H19NO3. The van der Waals surface area contributed by atoms with Gasteiger partial charge in [0.1, 0.15) is 0 Å². The van der Waals surface area contributed by atoms with Gasteiger partial charge in [-0.25, -0.2) is 0 Å². The van der Waals surface area contributed by atoms with Crippen LogP contribution in [0.25, 0.3) is 0 Å². The molecule has 16 heavy (non-hydrogen) atoms. The third-order valence-electron chi connectivity index (χ3n) is 2.77. The normalized spacial score (nSPS) is 18.6. The number of amides is 2. The molecule has 0 aromatic rings. The molecule has 0 atom stereocenters. The molecule has 4 heteroatoms. The SMILES string of the molecule is CC(C)(C)C(=O)CN1C(=O)CCCCC1=O. The molecule has 0 aromatic carbocycles. The molecule has 90 valence electrons. The van der Waals surface area contributed by atoms with Gasteiger partial charge in [-0.1, -0.05) is 20.8 Å². The molecule has 0 aliphatic carbocycles. The van der Waals surface area contributed by atoms with Crippen molar-refractivity contribution in [2.24, 2.45) is 5.41 Å². The van der Waals surface area contributed by atoms with Gasteiger partial charge in [0.05, 0.1) is 6.54 Å². The molecule has 1 rings (SSSR count). The highest BCUT2D eigenvalue weighted by molar-refractivity contribution is 6.00. The minimum absolute atomic E-state index is 0.0683. The summed E-state index contributed by atoms with van der Waals surface area (Å²) in [5.41, 5.74) is -0.507. The highest BCUT2D eigenvalue weighted by atomic mass is 16.2. The van der Waals surface area contributed by atoms with Crippen molar-refractivity contribution in [1.82, 2.24) is 4.90 Å². The Hall–Kier alpha value is -1.19. The van der Waals surface area contributed by atoms with E-state index in [0.29, 0.717) is 12.8 Å². The molecule has 0 saturated carbocycles. The summed E-state index contributed by atoms with van der Waals surface area (Å²) in [6.07, 6.45) is 2.24. The fraction of sp³-hybridized carbons (Fsp3) is 0.750. The van der Waals surface area contributed by atoms with E-state index in [2.05, 4.69) is 0 Å². The van der Waals surface area contributed by atoms with E-state index < -0.39 is 5.41 Å². The molecule has 1 aliphatic rings. The van der Waals surface area contributed by atoms with E-state index in [-0.39, 0.29) is 24.1 Å². The highest BCUT2D eigenvalue weighted by Crippen LogP contribution is 2.18. The van der Waals surface area contributed by atoms with Crippen LogP contribution in [0.15, 0.2) is 0 Å². The van der Waals surface area contributed by atoms with Crippen LogP contribution in [0.2, 0.25) is 0 Å². The first-order valence-electron chi connectivity index (χ1n) is 5.69. The van der Waals surface area contributed by atoms with Gasteiger partial charge in [-0.3, -0.25) is 19.3 Å². The second-order valence-corrected chi connectivity index (χ2v) is 5.25. The third-order valence-corrected chi connectivity index (χ3v) is 2.77. The van der Waals surface area contributed by atoms with E-state index in [1.807, 2.05) is 0 Å². The van der Waals surface area contributed by atoms with Crippen LogP contribution < -0.4 is 0 Å². The predicted octanol–water partition coefficient (Wildman–Crippen LogP) is 1.53. The van der Waals surface area contributed by atoms with Crippen LogP contribution in [0.5, 0.6) is 0 Å². The first-order chi connectivity index (χ1) is 7.32. The zero-order valence-corrected chi connectivity index (χ0v) is 10.2. The lowest BCUT2D eigenvalue weighted by Crippen LogP contribution is -2.42. The first kappa shape index (κ1) is 12.9. The van der Waals surface area contributed by atoms with Gasteiger partial charge in [-0.2, -0.15) is 0 Å². The summed E-state index contributed by atoms with van der Waals surface area (Å²) in [6, 6.07) is 0. The van der Waals surface area contributed by atoms with Crippen molar-refractivity contribution < 1.29 is 14.4 Å². The number of hydrogen-bond acceptors (Lipinski definition) is 3. The van der Waals surface area contributed by atoms with Gasteiger partial charge in [0.2, 0.25) is 11.8 Å². The maximum atomic E-state index is 11.8. The van der Waals surface area contributed by atoms with Gasteiger partial charge in [0.15, 0.2) is 5.78 Å². The van der Waals surface area contributed by atoms with E-state index in [1.165, 1.54) is 0 Å². The summed E-state index contributed by atoms with van der Waals surface area (Å²) in [7, 11) is 0. The molecule has 0 radical (unpaired) electrons. The van der Waals surface area contributed by atoms with E-state index in [9.17, 15) is 14.4 Å². The van der Waals surface area contributed by atoms with E-state index >= 15 is 0 Å². The third kappa shape index (κ3) is 3.15. The van der Waals surface area contributed by atoms with Crippen molar-refractivity contribution >= 4 is 17.6 Å². The molecular weight excluding hydrogens is 206 g/mol. The predicted molar refractivity (Wildman–Crippen MR) is 59.7 cm³/mol. The number of ketones is 1. The average Bonchev–Trinajstić information content (AvgIpc) is 2.31. The van der Waals surface area contributed by atoms with Crippen molar-refractivity contribution in [2.45, 2.75) is 46.5 Å². The van der Waals surface area contributed by atoms with Crippen molar-refractivity contribution in [1.29, 1.82) is 0 Å². The standard InChI is InChI=1S/C12H19NO3/c1-12(2,3)9(14)8-13-10(15)6-4-5-7-11(13)16/h4-8H2,1-3H3. The second kappa shape index (κ2) is 4.76. The molecule has 1 heterocycles. The van der Waals surface area contributed by atoms with Crippen LogP contribution in [0.4, 0.5) is 0 Å². The van der Waals surface area contributed by atoms with Crippen LogP contribution in [-0.4, -0.2) is 29.0 Å². The molecule has 4 nitrogen and oxygen atoms in total. The number of imide groups is 1. The lowest BCUT2D eigenvalue weighted by Gasteiger charge is -2.23. The Balaban J connectivity index is 2.73. The topological polar surface area (TPSA) is 54.5 Å². The Kier molecular flexibility index (Phi) is 3.83. The van der Waals surface area contributed by atoms with Gasteiger partial charge < -0.3 is 0 Å². The Morgan fingerprint density at radius 3 is 1.94 bits per heavy atom. The van der Waals surface area contributed by atoms with Gasteiger partial charge in [-0.05, 0) is 12.8 Å². The fourth-order valence-electron chi connectivity index (χ4n) is 1.52. The van der Waals surface area contributed by atoms with E-state index in [0.717, 1.165) is 17.7 Å². The monoisotopic (exact) mass is 225 g/mol. The quantitative estimate of drug-likeness (QED) is 0.670. The zero-order chi connectivity index (χ0) is 12.3. The summed E-state index contributed by atoms with van der Waals surface area (Å²) in [5, 5.41) is 0. The van der Waals surface area contributed by atoms with Crippen LogP contribution in [0.1, 0.15) is 46.5 Å². The molecule has 1 aliphatic heterocycles. The number of rotatable bonds is 2. The van der Waals surface area contributed by atoms with E-state index in [1.54, 1.807) is 20.8 Å². The number of nitrogens with zero attached hydrogens (tertiary/aromatic N) is 1. The van der Waals surface area contributed by atoms with Gasteiger partial charge in [-0.15, -0.1) is 0 Å². The average molecular weight is 225 g/mol. The van der Waals surface area contributed by atoms with Crippen LogP contribution >= 0.6 is 0 Å². The first-order valence-corrected chi connectivity index (χ1v) is 5.69. The number of carbonyl (C=O) groups excluding carboxylic acids is 3. The van der Waals surface area contributed by atoms with Crippen molar-refractivity contribution in [3.8, 4) is 0 Å². The summed E-state index contributed by atoms with van der Waals surface area (Å²) < 4.78 is 0. The molecule has 2 amide bonds. The van der Waals surface area contributed by atoms with Gasteiger partial charge in [0.25, 0.3) is 0 Å². The van der Waals surface area contributed by atoms with Crippen molar-refractivity contribution in [3.05, 3.63) is 0 Å². The van der Waals surface area contributed by atoms with Crippen LogP contribution in [0, 0.1) is 5.41 Å². The largest absolute Gasteiger partial charge is 0.297 e. The number of Topliss-reactive ketones (excluding diaryl/α,β-unsaturated/α-hetero) is 1. The molecule has 0 aromatic heterocycles. The van der Waals surface area contributed by atoms with Crippen molar-refractivity contribution in [3.63, 3.8) is 0 Å². The Morgan fingerprint density at radius 2 is 1.56 bits per heavy atom. The number of hydrogen-bond donors (Lipinski definition) is 0. The molecule has 0 spiro atoms. The summed E-state index contributed by atoms with van der Waals surface area (Å²) in [4.78, 5) is 36.2. The molecule has 1 saturated heterocycles. The minimum Gasteiger partial charge on any atom is -0.297 e. The maximum absolute atomic E-state index is 11.8. The summed E-state index contributed by atoms with van der Waals surface area (Å²) >= 11 is 0. The molecule has 0 unspecified atom stereocenters. The fourth-order valence-corrected chi connectivity index (χ4v) is 1.52. The van der Waals surface area contributed by atoms with E-state index in [4.69, 9.17) is 0 Å². The smallest absolute Gasteiger partial charge is 0.229 e. The Morgan fingerprint density at radius 1 is 1.12 bits per heavy atom. The number of likely N-dealkylation sites (tertiary alicyclic amines) is 1. The molecule has 0 bridgehead atoms. The molecule has 0 N–H and O–H groups in total. The number of carbonyl (C=O) groups is 3. The van der Waals surface area contributed by atoms with Crippen LogP contribution in [-0.2, 0) is 14.4 Å². The minimum atomic E-state index is -0.507. The second-order valence-electron chi connectivity index (χ2n) is 5.25. The maximum Gasteiger partial charge on any atom is 0.229 e. The highest BCUT2D eigenvalue weighted by Gasteiger charge is 2.30. The zero-order valence-electron chi connectivity index (χ0n) is 10.2.